The number of benzene rings is 2. The number of rotatable bonds is 9. The molecule has 0 radical (unpaired) electrons. The number of pyridine rings is 1. The molecule has 0 saturated heterocycles. The number of amides is 1. The molecule has 3 aromatic rings. The molecule has 188 valence electrons. The Kier molecular flexibility index (Phi) is 7.97. The first-order chi connectivity index (χ1) is 17.0. The largest absolute Gasteiger partial charge is 0.478 e. The van der Waals surface area contributed by atoms with Gasteiger partial charge in [-0.1, -0.05) is 35.9 Å². The fraction of sp³-hybridized carbons (Fsp3) is 0.167. The average Bonchev–Trinajstić information content (AvgIpc) is 2.83. The topological polar surface area (TPSA) is 190 Å². The molecule has 0 aliphatic rings. The summed E-state index contributed by atoms with van der Waals surface area (Å²) in [5, 5.41) is 21.1. The third-order valence-electron chi connectivity index (χ3n) is 5.48. The number of hydrazine groups is 1. The smallest absolute Gasteiger partial charge is 0.335 e. The highest BCUT2D eigenvalue weighted by Gasteiger charge is 2.22. The molecule has 3 rings (SSSR count). The van der Waals surface area contributed by atoms with Crippen molar-refractivity contribution in [3.63, 3.8) is 0 Å². The summed E-state index contributed by atoms with van der Waals surface area (Å²) >= 11 is 6.63. The van der Waals surface area contributed by atoms with Gasteiger partial charge in [0.2, 0.25) is 5.91 Å². The molecule has 11 nitrogen and oxygen atoms in total. The summed E-state index contributed by atoms with van der Waals surface area (Å²) in [5.41, 5.74) is 15.9. The number of aromatic amines is 1. The van der Waals surface area contributed by atoms with Gasteiger partial charge in [0.25, 0.3) is 5.56 Å². The second kappa shape index (κ2) is 10.9. The summed E-state index contributed by atoms with van der Waals surface area (Å²) in [6.45, 7) is 0.206. The molecule has 0 saturated carbocycles. The van der Waals surface area contributed by atoms with Crippen LogP contribution in [0.5, 0.6) is 0 Å². The molecule has 36 heavy (non-hydrogen) atoms. The van der Waals surface area contributed by atoms with Crippen molar-refractivity contribution in [2.24, 2.45) is 5.73 Å². The van der Waals surface area contributed by atoms with Crippen molar-refractivity contribution in [2.45, 2.75) is 13.0 Å². The zero-order valence-electron chi connectivity index (χ0n) is 19.6. The molecule has 0 aliphatic heterocycles. The minimum absolute atomic E-state index is 0.0332. The lowest BCUT2D eigenvalue weighted by Crippen LogP contribution is -2.36. The number of aromatic carboxylic acids is 1. The first-order valence-electron chi connectivity index (χ1n) is 10.7. The molecule has 0 atom stereocenters. The number of hydrogen-bond acceptors (Lipinski definition) is 7. The Morgan fingerprint density at radius 3 is 2.42 bits per heavy atom. The van der Waals surface area contributed by atoms with E-state index in [1.54, 1.807) is 38.4 Å². The minimum atomic E-state index is -1.20. The summed E-state index contributed by atoms with van der Waals surface area (Å²) in [5.74, 6) is -1.64. The van der Waals surface area contributed by atoms with Crippen LogP contribution in [0.1, 0.15) is 27.0 Å². The van der Waals surface area contributed by atoms with E-state index < -0.39 is 11.5 Å². The molecular weight excluding hydrogens is 486 g/mol. The van der Waals surface area contributed by atoms with Crippen LogP contribution in [0.3, 0.4) is 0 Å². The van der Waals surface area contributed by atoms with E-state index >= 15 is 0 Å². The highest BCUT2D eigenvalue weighted by atomic mass is 35.5. The Hall–Kier alpha value is -4.35. The van der Waals surface area contributed by atoms with Gasteiger partial charge < -0.3 is 31.9 Å². The van der Waals surface area contributed by atoms with Crippen LogP contribution < -0.4 is 32.8 Å². The number of carbonyl (C=O) groups is 2. The zero-order valence-corrected chi connectivity index (χ0v) is 20.4. The number of carbonyl (C=O) groups excluding carboxylic acids is 1. The molecule has 2 aromatic carbocycles. The molecule has 9 N–H and O–H groups in total. The van der Waals surface area contributed by atoms with E-state index in [0.717, 1.165) is 5.56 Å². The lowest BCUT2D eigenvalue weighted by molar-refractivity contribution is -0.120. The fourth-order valence-corrected chi connectivity index (χ4v) is 3.94. The third-order valence-corrected chi connectivity index (χ3v) is 5.89. The van der Waals surface area contributed by atoms with Gasteiger partial charge in [-0.25, -0.2) is 10.2 Å². The number of H-pyrrole nitrogens is 1. The van der Waals surface area contributed by atoms with Gasteiger partial charge in [0.05, 0.1) is 22.7 Å². The number of nitrogen functional groups attached to an aromatic ring is 2. The number of carboxylic acids is 1. The molecule has 12 heteroatoms. The van der Waals surface area contributed by atoms with Gasteiger partial charge in [-0.2, -0.15) is 0 Å². The van der Waals surface area contributed by atoms with Crippen molar-refractivity contribution in [3.05, 3.63) is 80.1 Å². The number of anilines is 2. The Labute approximate surface area is 211 Å². The SMILES string of the molecule is CNN(C)c1c(Cl)c(CC(=O)NCc2ccc(C(=N)N)cc2)c(-c2cc(N)cc(C(=O)O)c2)[nH]c1=O. The van der Waals surface area contributed by atoms with E-state index in [2.05, 4.69) is 15.7 Å². The lowest BCUT2D eigenvalue weighted by Gasteiger charge is -2.21. The van der Waals surface area contributed by atoms with E-state index in [1.165, 1.54) is 23.2 Å². The Bertz CT molecular complexity index is 1390. The summed E-state index contributed by atoms with van der Waals surface area (Å²) < 4.78 is 0. The maximum absolute atomic E-state index is 12.9. The van der Waals surface area contributed by atoms with E-state index in [1.807, 2.05) is 0 Å². The van der Waals surface area contributed by atoms with E-state index in [0.29, 0.717) is 16.7 Å². The van der Waals surface area contributed by atoms with Gasteiger partial charge in [-0.15, -0.1) is 0 Å². The van der Waals surface area contributed by atoms with Crippen LogP contribution in [0.15, 0.2) is 47.3 Å². The third kappa shape index (κ3) is 5.82. The van der Waals surface area contributed by atoms with Crippen molar-refractivity contribution >= 4 is 40.7 Å². The second-order valence-corrected chi connectivity index (χ2v) is 8.34. The molecule has 0 bridgehead atoms. The number of aromatic nitrogens is 1. The van der Waals surface area contributed by atoms with E-state index in [9.17, 15) is 19.5 Å². The van der Waals surface area contributed by atoms with Gasteiger partial charge in [-0.05, 0) is 23.8 Å². The van der Waals surface area contributed by atoms with E-state index in [4.69, 9.17) is 28.5 Å². The molecule has 0 spiro atoms. The Balaban J connectivity index is 1.99. The maximum atomic E-state index is 12.9. The number of halogens is 1. The number of nitrogens with zero attached hydrogens (tertiary/aromatic N) is 1. The summed E-state index contributed by atoms with van der Waals surface area (Å²) in [6, 6.07) is 11.0. The number of amidine groups is 1. The summed E-state index contributed by atoms with van der Waals surface area (Å²) in [7, 11) is 3.19. The average molecular weight is 512 g/mol. The van der Waals surface area contributed by atoms with Crippen LogP contribution in [0.2, 0.25) is 5.02 Å². The predicted molar refractivity (Wildman–Crippen MR) is 139 cm³/mol. The van der Waals surface area contributed by atoms with Crippen LogP contribution >= 0.6 is 11.6 Å². The highest BCUT2D eigenvalue weighted by Crippen LogP contribution is 2.33. The predicted octanol–water partition coefficient (Wildman–Crippen LogP) is 1.69. The van der Waals surface area contributed by atoms with Crippen LogP contribution in [-0.2, 0) is 17.8 Å². The van der Waals surface area contributed by atoms with Crippen molar-refractivity contribution in [3.8, 4) is 11.3 Å². The number of hydrogen-bond donors (Lipinski definition) is 7. The maximum Gasteiger partial charge on any atom is 0.335 e. The van der Waals surface area contributed by atoms with Crippen molar-refractivity contribution in [1.82, 2.24) is 15.7 Å². The highest BCUT2D eigenvalue weighted by molar-refractivity contribution is 6.34. The molecule has 1 aromatic heterocycles. The van der Waals surface area contributed by atoms with Crippen molar-refractivity contribution in [2.75, 3.05) is 24.8 Å². The van der Waals surface area contributed by atoms with Gasteiger partial charge in [0.1, 0.15) is 11.5 Å². The minimum Gasteiger partial charge on any atom is -0.478 e. The number of nitrogens with two attached hydrogens (primary N) is 2. The van der Waals surface area contributed by atoms with Crippen LogP contribution in [0.25, 0.3) is 11.3 Å². The normalized spacial score (nSPS) is 10.6. The first-order valence-corrected chi connectivity index (χ1v) is 11.1. The fourth-order valence-electron chi connectivity index (χ4n) is 3.57. The van der Waals surface area contributed by atoms with Crippen LogP contribution in [0, 0.1) is 5.41 Å². The quantitative estimate of drug-likeness (QED) is 0.0976. The van der Waals surface area contributed by atoms with E-state index in [-0.39, 0.29) is 52.4 Å². The zero-order chi connectivity index (χ0) is 26.6. The number of nitrogens with one attached hydrogen (secondary N) is 4. The van der Waals surface area contributed by atoms with Gasteiger partial charge in [-0.3, -0.25) is 15.0 Å². The summed E-state index contributed by atoms with van der Waals surface area (Å²) in [6.07, 6.45) is -0.210. The number of carboxylic acid groups (broad SMARTS) is 1. The molecule has 0 unspecified atom stereocenters. The second-order valence-electron chi connectivity index (χ2n) is 7.97. The summed E-state index contributed by atoms with van der Waals surface area (Å²) in [4.78, 5) is 40.0. The van der Waals surface area contributed by atoms with Gasteiger partial charge in [0.15, 0.2) is 0 Å². The van der Waals surface area contributed by atoms with Gasteiger partial charge in [0, 0.05) is 43.0 Å². The monoisotopic (exact) mass is 511 g/mol. The van der Waals surface area contributed by atoms with Gasteiger partial charge >= 0.3 is 5.97 Å². The molecule has 0 aliphatic carbocycles. The van der Waals surface area contributed by atoms with Crippen molar-refractivity contribution in [1.29, 1.82) is 5.41 Å². The van der Waals surface area contributed by atoms with Crippen molar-refractivity contribution < 1.29 is 14.7 Å². The molecule has 0 fully saturated rings. The Morgan fingerprint density at radius 2 is 1.83 bits per heavy atom. The van der Waals surface area contributed by atoms with Crippen LogP contribution in [0.4, 0.5) is 11.4 Å². The lowest BCUT2D eigenvalue weighted by atomic mass is 9.99. The molecule has 1 heterocycles. The standard InChI is InChI=1S/C24H26ClN7O4/c1-29-32(2)21-19(25)17(10-18(33)30-11-12-3-5-13(6-4-12)22(27)28)20(31-23(21)34)14-7-15(24(35)36)9-16(26)8-14/h3-9,29H,10-11,26H2,1-2H3,(H3,27,28)(H,30,33)(H,31,34)(H,35,36). The van der Waals surface area contributed by atoms with Crippen LogP contribution in [-0.4, -0.2) is 41.9 Å². The molecular formula is C24H26ClN7O4. The Morgan fingerprint density at radius 1 is 1.17 bits per heavy atom. The molecule has 1 amide bonds. The first kappa shape index (κ1) is 26.3.